The summed E-state index contributed by atoms with van der Waals surface area (Å²) in [6.07, 6.45) is 0. The van der Waals surface area contributed by atoms with Gasteiger partial charge in [0.2, 0.25) is 0 Å². The summed E-state index contributed by atoms with van der Waals surface area (Å²) in [5, 5.41) is 9.11. The Kier molecular flexibility index (Phi) is 4.40. The van der Waals surface area contributed by atoms with Gasteiger partial charge in [0.15, 0.2) is 4.80 Å². The van der Waals surface area contributed by atoms with Gasteiger partial charge in [0.25, 0.3) is 5.91 Å². The molecule has 1 heterocycles. The first kappa shape index (κ1) is 15.6. The van der Waals surface area contributed by atoms with Crippen LogP contribution >= 0.6 is 27.3 Å². The minimum absolute atomic E-state index is 0.241. The van der Waals surface area contributed by atoms with Crippen LogP contribution < -0.4 is 4.80 Å². The first-order valence-corrected chi connectivity index (χ1v) is 8.30. The lowest BCUT2D eigenvalue weighted by molar-refractivity contribution is -0.137. The number of amides is 1. The second kappa shape index (κ2) is 6.47. The van der Waals surface area contributed by atoms with Crippen molar-refractivity contribution in [3.63, 3.8) is 0 Å². The van der Waals surface area contributed by atoms with Crippen molar-refractivity contribution in [3.8, 4) is 0 Å². The summed E-state index contributed by atoms with van der Waals surface area (Å²) < 4.78 is 3.21. The van der Waals surface area contributed by atoms with E-state index in [0.29, 0.717) is 10.4 Å². The largest absolute Gasteiger partial charge is 0.480 e. The molecule has 3 aromatic rings. The summed E-state index contributed by atoms with van der Waals surface area (Å²) in [4.78, 5) is 27.9. The van der Waals surface area contributed by atoms with Gasteiger partial charge in [-0.25, -0.2) is 0 Å². The topological polar surface area (TPSA) is 71.7 Å². The van der Waals surface area contributed by atoms with E-state index in [1.54, 1.807) is 18.2 Å². The maximum absolute atomic E-state index is 12.3. The molecule has 1 amide bonds. The normalized spacial score (nSPS) is 11.8. The monoisotopic (exact) mass is 390 g/mol. The van der Waals surface area contributed by atoms with Crippen molar-refractivity contribution in [1.82, 2.24) is 4.57 Å². The van der Waals surface area contributed by atoms with Crippen molar-refractivity contribution in [3.05, 3.63) is 63.4 Å². The van der Waals surface area contributed by atoms with Crippen LogP contribution in [0.5, 0.6) is 0 Å². The number of rotatable bonds is 3. The molecule has 0 spiro atoms. The number of hydrogen-bond donors (Lipinski definition) is 1. The zero-order valence-corrected chi connectivity index (χ0v) is 14.2. The molecule has 116 valence electrons. The minimum atomic E-state index is -0.982. The molecule has 0 atom stereocenters. The van der Waals surface area contributed by atoms with Crippen LogP contribution in [0.4, 0.5) is 0 Å². The van der Waals surface area contributed by atoms with E-state index in [1.807, 2.05) is 30.3 Å². The fraction of sp³-hybridized carbons (Fsp3) is 0.0625. The molecule has 3 rings (SSSR count). The molecule has 0 radical (unpaired) electrons. The van der Waals surface area contributed by atoms with Crippen molar-refractivity contribution in [2.45, 2.75) is 6.54 Å². The molecule has 1 N–H and O–H groups in total. The molecule has 0 unspecified atom stereocenters. The summed E-state index contributed by atoms with van der Waals surface area (Å²) in [6, 6.07) is 14.3. The Morgan fingerprint density at radius 2 is 1.96 bits per heavy atom. The molecule has 23 heavy (non-hydrogen) atoms. The average molecular weight is 391 g/mol. The summed E-state index contributed by atoms with van der Waals surface area (Å²) >= 11 is 4.61. The van der Waals surface area contributed by atoms with Gasteiger partial charge in [0.1, 0.15) is 6.54 Å². The van der Waals surface area contributed by atoms with Gasteiger partial charge in [-0.15, -0.1) is 0 Å². The first-order chi connectivity index (χ1) is 11.0. The lowest BCUT2D eigenvalue weighted by Gasteiger charge is -2.01. The van der Waals surface area contributed by atoms with Gasteiger partial charge < -0.3 is 9.67 Å². The van der Waals surface area contributed by atoms with Crippen LogP contribution in [0.25, 0.3) is 10.2 Å². The number of benzene rings is 2. The van der Waals surface area contributed by atoms with Crippen molar-refractivity contribution in [1.29, 1.82) is 0 Å². The number of carboxylic acids is 1. The zero-order chi connectivity index (χ0) is 16.4. The van der Waals surface area contributed by atoms with Gasteiger partial charge in [-0.2, -0.15) is 4.99 Å². The molecule has 0 aliphatic carbocycles. The molecule has 7 heteroatoms. The Labute approximate surface area is 143 Å². The summed E-state index contributed by atoms with van der Waals surface area (Å²) in [5.74, 6) is -1.39. The molecular formula is C16H11BrN2O3S. The molecule has 2 aromatic carbocycles. The second-order valence-corrected chi connectivity index (χ2v) is 6.68. The molecule has 0 saturated heterocycles. The number of carbonyl (C=O) groups is 2. The highest BCUT2D eigenvalue weighted by molar-refractivity contribution is 9.10. The van der Waals surface area contributed by atoms with Crippen LogP contribution in [0.15, 0.2) is 58.0 Å². The minimum Gasteiger partial charge on any atom is -0.480 e. The fourth-order valence-electron chi connectivity index (χ4n) is 2.17. The number of para-hydroxylation sites is 1. The Morgan fingerprint density at radius 3 is 2.70 bits per heavy atom. The predicted molar refractivity (Wildman–Crippen MR) is 91.5 cm³/mol. The third-order valence-corrected chi connectivity index (χ3v) is 4.70. The van der Waals surface area contributed by atoms with Gasteiger partial charge in [-0.3, -0.25) is 9.59 Å². The van der Waals surface area contributed by atoms with E-state index in [2.05, 4.69) is 20.9 Å². The lowest BCUT2D eigenvalue weighted by Crippen LogP contribution is -2.21. The highest BCUT2D eigenvalue weighted by Crippen LogP contribution is 2.17. The Morgan fingerprint density at radius 1 is 1.17 bits per heavy atom. The van der Waals surface area contributed by atoms with Crippen molar-refractivity contribution in [2.24, 2.45) is 4.99 Å². The number of carbonyl (C=O) groups excluding carboxylic acids is 1. The maximum atomic E-state index is 12.3. The Bertz CT molecular complexity index is 975. The second-order valence-electron chi connectivity index (χ2n) is 4.76. The van der Waals surface area contributed by atoms with Crippen LogP contribution in [0.1, 0.15) is 10.4 Å². The van der Waals surface area contributed by atoms with Gasteiger partial charge in [0.05, 0.1) is 10.2 Å². The first-order valence-electron chi connectivity index (χ1n) is 6.69. The van der Waals surface area contributed by atoms with Gasteiger partial charge in [-0.1, -0.05) is 45.5 Å². The lowest BCUT2D eigenvalue weighted by atomic mass is 10.2. The van der Waals surface area contributed by atoms with Crippen LogP contribution in [-0.4, -0.2) is 21.6 Å². The van der Waals surface area contributed by atoms with Crippen molar-refractivity contribution < 1.29 is 14.7 Å². The summed E-state index contributed by atoms with van der Waals surface area (Å²) in [7, 11) is 0. The van der Waals surface area contributed by atoms with Gasteiger partial charge in [-0.05, 0) is 30.3 Å². The molecule has 5 nitrogen and oxygen atoms in total. The number of aliphatic carboxylic acids is 1. The highest BCUT2D eigenvalue weighted by atomic mass is 79.9. The van der Waals surface area contributed by atoms with Crippen LogP contribution in [0, 0.1) is 0 Å². The van der Waals surface area contributed by atoms with Crippen molar-refractivity contribution in [2.75, 3.05) is 0 Å². The molecule has 1 aromatic heterocycles. The Balaban J connectivity index is 2.14. The van der Waals surface area contributed by atoms with Crippen LogP contribution in [0.3, 0.4) is 0 Å². The van der Waals surface area contributed by atoms with Crippen LogP contribution in [0.2, 0.25) is 0 Å². The standard InChI is InChI=1S/C16H11BrN2O3S/c17-11-5-3-4-10(8-11)15(22)18-16-19(9-14(20)21)12-6-1-2-7-13(12)23-16/h1-8H,9H2,(H,20,21). The molecule has 0 aliphatic rings. The third kappa shape index (κ3) is 3.40. The van der Waals surface area contributed by atoms with E-state index < -0.39 is 11.9 Å². The zero-order valence-electron chi connectivity index (χ0n) is 11.8. The SMILES string of the molecule is O=C(O)Cn1c(=NC(=O)c2cccc(Br)c2)sc2ccccc21. The number of halogens is 1. The maximum Gasteiger partial charge on any atom is 0.323 e. The van der Waals surface area contributed by atoms with Gasteiger partial charge >= 0.3 is 5.97 Å². The molecule has 0 fully saturated rings. The average Bonchev–Trinajstić information content (AvgIpc) is 2.84. The highest BCUT2D eigenvalue weighted by Gasteiger charge is 2.11. The van der Waals surface area contributed by atoms with E-state index >= 15 is 0 Å². The molecule has 0 aliphatic heterocycles. The van der Waals surface area contributed by atoms with E-state index in [0.717, 1.165) is 14.7 Å². The Hall–Kier alpha value is -2.25. The van der Waals surface area contributed by atoms with E-state index in [1.165, 1.54) is 15.9 Å². The number of fused-ring (bicyclic) bond motifs is 1. The quantitative estimate of drug-likeness (QED) is 0.745. The number of carboxylic acid groups (broad SMARTS) is 1. The number of thiazole rings is 1. The van der Waals surface area contributed by atoms with Crippen LogP contribution in [-0.2, 0) is 11.3 Å². The predicted octanol–water partition coefficient (Wildman–Crippen LogP) is 3.29. The van der Waals surface area contributed by atoms with E-state index in [9.17, 15) is 9.59 Å². The van der Waals surface area contributed by atoms with E-state index in [4.69, 9.17) is 5.11 Å². The van der Waals surface area contributed by atoms with E-state index in [-0.39, 0.29) is 6.54 Å². The molecule has 0 bridgehead atoms. The van der Waals surface area contributed by atoms with Gasteiger partial charge in [0, 0.05) is 10.0 Å². The smallest absolute Gasteiger partial charge is 0.323 e. The molecular weight excluding hydrogens is 380 g/mol. The number of nitrogens with zero attached hydrogens (tertiary/aromatic N) is 2. The number of aromatic nitrogens is 1. The summed E-state index contributed by atoms with van der Waals surface area (Å²) in [6.45, 7) is -0.241. The molecule has 0 saturated carbocycles. The van der Waals surface area contributed by atoms with Crippen molar-refractivity contribution >= 4 is 49.4 Å². The third-order valence-electron chi connectivity index (χ3n) is 3.15. The summed E-state index contributed by atoms with van der Waals surface area (Å²) in [5.41, 5.74) is 1.19. The number of hydrogen-bond acceptors (Lipinski definition) is 3. The fourth-order valence-corrected chi connectivity index (χ4v) is 3.59.